The molecule has 1 atom stereocenters. The molecule has 2 aliphatic heterocycles. The fourth-order valence-corrected chi connectivity index (χ4v) is 4.42. The Balaban J connectivity index is 1.53. The molecule has 34 heavy (non-hydrogen) atoms. The maximum absolute atomic E-state index is 13.2. The van der Waals surface area contributed by atoms with Crippen LogP contribution in [0, 0.1) is 0 Å². The third-order valence-corrected chi connectivity index (χ3v) is 6.17. The van der Waals surface area contributed by atoms with Gasteiger partial charge in [-0.2, -0.15) is 0 Å². The Labute approximate surface area is 201 Å². The van der Waals surface area contributed by atoms with Crippen LogP contribution in [0.1, 0.15) is 23.6 Å². The van der Waals surface area contributed by atoms with Gasteiger partial charge in [-0.05, 0) is 42.3 Å². The van der Waals surface area contributed by atoms with Crippen LogP contribution >= 0.6 is 11.6 Å². The Kier molecular flexibility index (Phi) is 5.98. The maximum Gasteiger partial charge on any atom is 0.295 e. The number of ketones is 1. The number of rotatable bonds is 6. The zero-order valence-electron chi connectivity index (χ0n) is 18.2. The van der Waals surface area contributed by atoms with Crippen molar-refractivity contribution in [2.45, 2.75) is 19.0 Å². The van der Waals surface area contributed by atoms with Gasteiger partial charge < -0.3 is 24.0 Å². The van der Waals surface area contributed by atoms with Crippen molar-refractivity contribution in [3.05, 3.63) is 82.9 Å². The molecule has 1 amide bonds. The highest BCUT2D eigenvalue weighted by Crippen LogP contribution is 2.41. The number of hydrogen-bond acceptors (Lipinski definition) is 6. The Morgan fingerprint density at radius 3 is 2.56 bits per heavy atom. The quantitative estimate of drug-likeness (QED) is 0.328. The van der Waals surface area contributed by atoms with Crippen molar-refractivity contribution < 1.29 is 24.2 Å². The number of carbonyl (C=O) groups excluding carboxylic acids is 2. The minimum Gasteiger partial charge on any atom is -0.507 e. The molecule has 0 saturated carbocycles. The number of benzene rings is 2. The second kappa shape index (κ2) is 9.23. The number of amides is 1. The van der Waals surface area contributed by atoms with Crippen LogP contribution in [0.25, 0.3) is 5.76 Å². The van der Waals surface area contributed by atoms with E-state index in [0.717, 1.165) is 0 Å². The minimum atomic E-state index is -0.742. The number of aromatic nitrogens is 2. The van der Waals surface area contributed by atoms with Gasteiger partial charge in [0.2, 0.25) is 0 Å². The van der Waals surface area contributed by atoms with Crippen LogP contribution in [0.2, 0.25) is 5.02 Å². The molecule has 8 nitrogen and oxygen atoms in total. The number of nitrogens with zero attached hydrogens (tertiary/aromatic N) is 3. The highest BCUT2D eigenvalue weighted by molar-refractivity contribution is 6.46. The van der Waals surface area contributed by atoms with Gasteiger partial charge in [0.05, 0.1) is 17.9 Å². The van der Waals surface area contributed by atoms with E-state index in [1.54, 1.807) is 55.0 Å². The number of carbonyl (C=O) groups is 2. The zero-order chi connectivity index (χ0) is 23.7. The Hall–Kier alpha value is -3.78. The summed E-state index contributed by atoms with van der Waals surface area (Å²) in [4.78, 5) is 31.8. The lowest BCUT2D eigenvalue weighted by atomic mass is 9.95. The van der Waals surface area contributed by atoms with E-state index in [0.29, 0.717) is 60.4 Å². The minimum absolute atomic E-state index is 0.0339. The maximum atomic E-state index is 13.2. The van der Waals surface area contributed by atoms with Gasteiger partial charge in [0, 0.05) is 36.1 Å². The van der Waals surface area contributed by atoms with Gasteiger partial charge in [-0.15, -0.1) is 0 Å². The number of Topliss-reactive ketones (excluding diaryl/α,β-unsaturated/α-hetero) is 1. The lowest BCUT2D eigenvalue weighted by molar-refractivity contribution is -0.139. The smallest absolute Gasteiger partial charge is 0.295 e. The number of imidazole rings is 1. The van der Waals surface area contributed by atoms with Crippen molar-refractivity contribution in [1.29, 1.82) is 0 Å². The number of aliphatic hydroxyl groups excluding tert-OH is 1. The number of ether oxygens (including phenoxy) is 2. The molecule has 1 saturated heterocycles. The molecule has 0 bridgehead atoms. The fraction of sp³-hybridized carbons (Fsp3) is 0.240. The number of likely N-dealkylation sites (tertiary alicyclic amines) is 1. The number of aryl methyl sites for hydroxylation is 1. The highest BCUT2D eigenvalue weighted by atomic mass is 35.5. The number of fused-ring (bicyclic) bond motifs is 1. The van der Waals surface area contributed by atoms with E-state index in [9.17, 15) is 14.7 Å². The van der Waals surface area contributed by atoms with Gasteiger partial charge in [-0.1, -0.05) is 23.7 Å². The molecule has 1 unspecified atom stereocenters. The molecule has 2 aromatic carbocycles. The zero-order valence-corrected chi connectivity index (χ0v) is 18.9. The third kappa shape index (κ3) is 4.12. The molecule has 1 fully saturated rings. The van der Waals surface area contributed by atoms with E-state index in [4.69, 9.17) is 21.1 Å². The summed E-state index contributed by atoms with van der Waals surface area (Å²) in [7, 11) is 0. The van der Waals surface area contributed by atoms with Crippen molar-refractivity contribution in [1.82, 2.24) is 14.5 Å². The number of aliphatic hydroxyl groups is 1. The van der Waals surface area contributed by atoms with Crippen molar-refractivity contribution in [2.75, 3.05) is 19.8 Å². The van der Waals surface area contributed by atoms with Gasteiger partial charge in [-0.25, -0.2) is 4.98 Å². The van der Waals surface area contributed by atoms with Crippen molar-refractivity contribution in [2.24, 2.45) is 0 Å². The summed E-state index contributed by atoms with van der Waals surface area (Å²) in [6.45, 7) is 1.80. The van der Waals surface area contributed by atoms with Crippen molar-refractivity contribution >= 4 is 29.1 Å². The third-order valence-electron chi connectivity index (χ3n) is 5.92. The van der Waals surface area contributed by atoms with Gasteiger partial charge in [-0.3, -0.25) is 9.59 Å². The Bertz CT molecular complexity index is 1250. The first-order valence-electron chi connectivity index (χ1n) is 10.9. The molecule has 174 valence electrons. The number of hydrogen-bond donors (Lipinski definition) is 1. The topological polar surface area (TPSA) is 93.9 Å². The first-order chi connectivity index (χ1) is 16.5. The van der Waals surface area contributed by atoms with Crippen LogP contribution < -0.4 is 9.47 Å². The average Bonchev–Trinajstić information content (AvgIpc) is 3.46. The molecule has 9 heteroatoms. The molecule has 1 N–H and O–H groups in total. The molecule has 0 radical (unpaired) electrons. The Morgan fingerprint density at radius 2 is 1.82 bits per heavy atom. The van der Waals surface area contributed by atoms with E-state index in [2.05, 4.69) is 4.98 Å². The van der Waals surface area contributed by atoms with Gasteiger partial charge in [0.25, 0.3) is 11.7 Å². The summed E-state index contributed by atoms with van der Waals surface area (Å²) in [6, 6.07) is 11.1. The Morgan fingerprint density at radius 1 is 1.06 bits per heavy atom. The summed E-state index contributed by atoms with van der Waals surface area (Å²) >= 11 is 6.07. The average molecular weight is 480 g/mol. The normalized spacial score (nSPS) is 19.0. The molecule has 0 spiro atoms. The molecular formula is C25H22ClN3O5. The largest absolute Gasteiger partial charge is 0.507 e. The van der Waals surface area contributed by atoms with Crippen LogP contribution in [0.4, 0.5) is 0 Å². The summed E-state index contributed by atoms with van der Waals surface area (Å²) < 4.78 is 13.1. The molecule has 3 heterocycles. The molecule has 2 aliphatic rings. The summed E-state index contributed by atoms with van der Waals surface area (Å²) in [5, 5.41) is 11.8. The van der Waals surface area contributed by atoms with E-state index in [1.807, 2.05) is 10.8 Å². The molecule has 1 aromatic heterocycles. The predicted molar refractivity (Wildman–Crippen MR) is 125 cm³/mol. The van der Waals surface area contributed by atoms with Crippen LogP contribution in [0.15, 0.2) is 66.8 Å². The summed E-state index contributed by atoms with van der Waals surface area (Å²) in [5.41, 5.74) is 1.09. The van der Waals surface area contributed by atoms with Crippen LogP contribution in [0.3, 0.4) is 0 Å². The van der Waals surface area contributed by atoms with Crippen LogP contribution in [-0.4, -0.2) is 51.0 Å². The first kappa shape index (κ1) is 22.0. The van der Waals surface area contributed by atoms with Crippen molar-refractivity contribution in [3.8, 4) is 11.5 Å². The van der Waals surface area contributed by atoms with Crippen LogP contribution in [-0.2, 0) is 16.1 Å². The lowest BCUT2D eigenvalue weighted by Crippen LogP contribution is -2.31. The molecular weight excluding hydrogens is 458 g/mol. The van der Waals surface area contributed by atoms with E-state index in [1.165, 1.54) is 4.90 Å². The summed E-state index contributed by atoms with van der Waals surface area (Å²) in [5.74, 6) is -0.586. The van der Waals surface area contributed by atoms with E-state index >= 15 is 0 Å². The molecule has 3 aromatic rings. The van der Waals surface area contributed by atoms with Gasteiger partial charge in [0.1, 0.15) is 19.0 Å². The van der Waals surface area contributed by atoms with Crippen LogP contribution in [0.5, 0.6) is 11.5 Å². The van der Waals surface area contributed by atoms with Gasteiger partial charge in [0.15, 0.2) is 11.5 Å². The predicted octanol–water partition coefficient (Wildman–Crippen LogP) is 3.82. The monoisotopic (exact) mass is 479 g/mol. The van der Waals surface area contributed by atoms with E-state index in [-0.39, 0.29) is 11.3 Å². The standard InChI is InChI=1S/C25H22ClN3O5/c26-18-5-2-16(3-6-18)22-21(23(30)17-4-7-19-20(14-17)34-13-12-33-19)24(31)25(32)29(22)10-1-9-28-11-8-27-15-28/h2-8,11,14-15,22,30H,1,9-10,12-13H2. The fourth-order valence-electron chi connectivity index (χ4n) is 4.29. The second-order valence-electron chi connectivity index (χ2n) is 8.06. The first-order valence-corrected chi connectivity index (χ1v) is 11.3. The second-order valence-corrected chi connectivity index (χ2v) is 8.49. The SMILES string of the molecule is O=C1C(=O)N(CCCn2ccnc2)C(c2ccc(Cl)cc2)C1=C(O)c1ccc2c(c1)OCCO2. The van der Waals surface area contributed by atoms with Crippen molar-refractivity contribution in [3.63, 3.8) is 0 Å². The lowest BCUT2D eigenvalue weighted by Gasteiger charge is -2.25. The number of halogens is 1. The highest BCUT2D eigenvalue weighted by Gasteiger charge is 2.45. The van der Waals surface area contributed by atoms with Gasteiger partial charge >= 0.3 is 0 Å². The van der Waals surface area contributed by atoms with E-state index < -0.39 is 17.7 Å². The molecule has 0 aliphatic carbocycles. The summed E-state index contributed by atoms with van der Waals surface area (Å²) in [6.07, 6.45) is 5.84. The molecule has 5 rings (SSSR count).